The number of carbonyl (C=O) groups is 4. The lowest BCUT2D eigenvalue weighted by atomic mass is 9.97. The van der Waals surface area contributed by atoms with Crippen molar-refractivity contribution < 1.29 is 33.4 Å². The summed E-state index contributed by atoms with van der Waals surface area (Å²) in [4.78, 5) is 51.8. The van der Waals surface area contributed by atoms with Gasteiger partial charge in [-0.1, -0.05) is 5.92 Å². The van der Waals surface area contributed by atoms with E-state index in [9.17, 15) is 19.2 Å². The van der Waals surface area contributed by atoms with Crippen molar-refractivity contribution >= 4 is 35.7 Å². The smallest absolute Gasteiger partial charge is 0.410 e. The molecule has 0 aromatic carbocycles. The number of hydrogen-bond donors (Lipinski definition) is 0. The fraction of sp³-hybridized carbons (Fsp3) is 0.600. The van der Waals surface area contributed by atoms with Crippen molar-refractivity contribution in [2.45, 2.75) is 57.7 Å². The zero-order chi connectivity index (χ0) is 22.6. The molecule has 0 bridgehead atoms. The van der Waals surface area contributed by atoms with E-state index in [1.165, 1.54) is 35.5 Å². The average molecular weight is 439 g/mol. The highest BCUT2D eigenvalue weighted by atomic mass is 32.2. The lowest BCUT2D eigenvalue weighted by molar-refractivity contribution is -0.166. The number of nitrogens with zero attached hydrogens (tertiary/aromatic N) is 2. The molecule has 1 unspecified atom stereocenters. The van der Waals surface area contributed by atoms with E-state index in [1.54, 1.807) is 33.1 Å². The number of thioether (sulfide) groups is 1. The van der Waals surface area contributed by atoms with Gasteiger partial charge in [-0.05, 0) is 33.1 Å². The summed E-state index contributed by atoms with van der Waals surface area (Å²) < 4.78 is 15.5. The molecule has 3 atom stereocenters. The van der Waals surface area contributed by atoms with Crippen molar-refractivity contribution in [2.75, 3.05) is 20.3 Å². The van der Waals surface area contributed by atoms with Crippen LogP contribution >= 0.6 is 11.8 Å². The zero-order valence-corrected chi connectivity index (χ0v) is 18.7. The summed E-state index contributed by atoms with van der Waals surface area (Å²) in [6, 6.07) is -1.84. The van der Waals surface area contributed by atoms with Gasteiger partial charge in [0.2, 0.25) is 0 Å². The Bertz CT molecular complexity index is 821. The molecule has 9 nitrogen and oxygen atoms in total. The number of ether oxygens (including phenoxy) is 3. The third-order valence-electron chi connectivity index (χ3n) is 4.27. The van der Waals surface area contributed by atoms with Gasteiger partial charge in [-0.2, -0.15) is 0 Å². The minimum Gasteiger partial charge on any atom is -0.461 e. The monoisotopic (exact) mass is 438 g/mol. The van der Waals surface area contributed by atoms with Gasteiger partial charge in [0.1, 0.15) is 23.6 Å². The third kappa shape index (κ3) is 5.27. The molecule has 2 rings (SSSR count). The van der Waals surface area contributed by atoms with Gasteiger partial charge in [0.05, 0.1) is 0 Å². The maximum Gasteiger partial charge on any atom is 0.410 e. The highest BCUT2D eigenvalue weighted by Crippen LogP contribution is 2.42. The van der Waals surface area contributed by atoms with E-state index in [0.29, 0.717) is 5.57 Å². The van der Waals surface area contributed by atoms with Crippen molar-refractivity contribution in [3.63, 3.8) is 0 Å². The van der Waals surface area contributed by atoms with Gasteiger partial charge in [-0.25, -0.2) is 9.59 Å². The van der Waals surface area contributed by atoms with Crippen LogP contribution in [0.1, 0.15) is 34.6 Å². The molecule has 30 heavy (non-hydrogen) atoms. The molecule has 2 aliphatic rings. The van der Waals surface area contributed by atoms with Gasteiger partial charge < -0.3 is 19.1 Å². The van der Waals surface area contributed by atoms with Crippen LogP contribution in [-0.4, -0.2) is 77.1 Å². The molecule has 2 heterocycles. The topological polar surface area (TPSA) is 102 Å². The van der Waals surface area contributed by atoms with Crippen LogP contribution in [0.2, 0.25) is 0 Å². The summed E-state index contributed by atoms with van der Waals surface area (Å²) in [7, 11) is 1.48. The van der Waals surface area contributed by atoms with Gasteiger partial charge in [-0.15, -0.1) is 17.7 Å². The number of likely N-dealkylation sites (N-methyl/N-ethyl adjacent to an activating group) is 1. The Morgan fingerprint density at radius 2 is 1.93 bits per heavy atom. The molecule has 0 N–H and O–H groups in total. The van der Waals surface area contributed by atoms with Crippen LogP contribution in [0.15, 0.2) is 11.0 Å². The van der Waals surface area contributed by atoms with Gasteiger partial charge in [0.25, 0.3) is 5.91 Å². The predicted molar refractivity (Wildman–Crippen MR) is 109 cm³/mol. The van der Waals surface area contributed by atoms with Crippen molar-refractivity contribution in [1.29, 1.82) is 0 Å². The van der Waals surface area contributed by atoms with E-state index >= 15 is 0 Å². The fourth-order valence-electron chi connectivity index (χ4n) is 2.91. The van der Waals surface area contributed by atoms with E-state index < -0.39 is 47.0 Å². The Kier molecular flexibility index (Phi) is 7.42. The molecule has 0 aromatic heterocycles. The van der Waals surface area contributed by atoms with Gasteiger partial charge in [0.15, 0.2) is 12.6 Å². The standard InChI is InChI=1S/C20H26N2O7S/c1-7-8-9-27-18(25)14-13(10-28-12(2)23)11-30-17-15(16(24)22(14)17)21(6)19(26)29-20(3,4)5/h11,14-15,17H,9-10H2,1-6H3/t14?,15-,17-/m1/s1. The van der Waals surface area contributed by atoms with E-state index in [2.05, 4.69) is 11.8 Å². The van der Waals surface area contributed by atoms with E-state index in [4.69, 9.17) is 14.2 Å². The molecule has 1 fully saturated rings. The van der Waals surface area contributed by atoms with Crippen molar-refractivity contribution in [3.05, 3.63) is 11.0 Å². The van der Waals surface area contributed by atoms with Crippen molar-refractivity contribution in [1.82, 2.24) is 9.80 Å². The zero-order valence-electron chi connectivity index (χ0n) is 17.9. The predicted octanol–water partition coefficient (Wildman–Crippen LogP) is 1.52. The van der Waals surface area contributed by atoms with Crippen molar-refractivity contribution in [2.24, 2.45) is 0 Å². The Morgan fingerprint density at radius 1 is 1.27 bits per heavy atom. The first kappa shape index (κ1) is 23.6. The molecule has 0 aliphatic carbocycles. The maximum absolute atomic E-state index is 12.9. The number of fused-ring (bicyclic) bond motifs is 1. The molecule has 0 spiro atoms. The second-order valence-corrected chi connectivity index (χ2v) is 8.71. The first-order valence-corrected chi connectivity index (χ1v) is 10.2. The van der Waals surface area contributed by atoms with E-state index in [-0.39, 0.29) is 13.2 Å². The summed E-state index contributed by atoms with van der Waals surface area (Å²) in [5, 5.41) is 1.18. The average Bonchev–Trinajstić information content (AvgIpc) is 2.64. The molecule has 0 radical (unpaired) electrons. The minimum absolute atomic E-state index is 0.117. The summed E-state index contributed by atoms with van der Waals surface area (Å²) in [5.74, 6) is 3.64. The lowest BCUT2D eigenvalue weighted by Crippen LogP contribution is -2.74. The van der Waals surface area contributed by atoms with Crippen LogP contribution in [0.25, 0.3) is 0 Å². The van der Waals surface area contributed by atoms with E-state index in [0.717, 1.165) is 0 Å². The largest absolute Gasteiger partial charge is 0.461 e. The summed E-state index contributed by atoms with van der Waals surface area (Å²) in [6.07, 6.45) is -0.631. The molecule has 10 heteroatoms. The fourth-order valence-corrected chi connectivity index (χ4v) is 4.23. The molecule has 1 saturated heterocycles. The third-order valence-corrected chi connectivity index (χ3v) is 5.47. The normalized spacial score (nSPS) is 22.5. The summed E-state index contributed by atoms with van der Waals surface area (Å²) in [5.41, 5.74) is -0.283. The highest BCUT2D eigenvalue weighted by molar-refractivity contribution is 8.02. The minimum atomic E-state index is -1.05. The molecular weight excluding hydrogens is 412 g/mol. The number of hydrogen-bond acceptors (Lipinski definition) is 8. The summed E-state index contributed by atoms with van der Waals surface area (Å²) >= 11 is 1.26. The molecule has 0 saturated carbocycles. The SMILES string of the molecule is CC#CCOC(=O)C1C(COC(C)=O)=CS[C@@H]2[C@H](N(C)C(=O)OC(C)(C)C)C(=O)N12. The van der Waals surface area contributed by atoms with Crippen LogP contribution in [-0.2, 0) is 28.6 Å². The number of esters is 2. The van der Waals surface area contributed by atoms with Gasteiger partial charge >= 0.3 is 18.0 Å². The van der Waals surface area contributed by atoms with Gasteiger partial charge in [0, 0.05) is 19.5 Å². The molecule has 164 valence electrons. The van der Waals surface area contributed by atoms with Crippen LogP contribution in [0.4, 0.5) is 4.79 Å². The number of β-lactam (4-membered cyclic amide) rings is 1. The number of amides is 2. The van der Waals surface area contributed by atoms with Crippen LogP contribution in [0.3, 0.4) is 0 Å². The maximum atomic E-state index is 12.9. The first-order chi connectivity index (χ1) is 14.0. The lowest BCUT2D eigenvalue weighted by Gasteiger charge is -2.53. The number of carbonyl (C=O) groups excluding carboxylic acids is 4. The molecular formula is C20H26N2O7S. The Balaban J connectivity index is 2.22. The van der Waals surface area contributed by atoms with Crippen molar-refractivity contribution in [3.8, 4) is 11.8 Å². The number of rotatable bonds is 5. The van der Waals surface area contributed by atoms with E-state index in [1.807, 2.05) is 0 Å². The van der Waals surface area contributed by atoms with Crippen LogP contribution in [0.5, 0.6) is 0 Å². The second-order valence-electron chi connectivity index (χ2n) is 7.72. The Hall–Kier alpha value is -2.67. The molecule has 0 aromatic rings. The quantitative estimate of drug-likeness (QED) is 0.276. The highest BCUT2D eigenvalue weighted by Gasteiger charge is 2.58. The Morgan fingerprint density at radius 3 is 2.50 bits per heavy atom. The molecule has 2 amide bonds. The second kappa shape index (κ2) is 9.43. The molecule has 2 aliphatic heterocycles. The summed E-state index contributed by atoms with van der Waals surface area (Å²) in [6.45, 7) is 7.81. The van der Waals surface area contributed by atoms with Gasteiger partial charge in [-0.3, -0.25) is 14.5 Å². The van der Waals surface area contributed by atoms with Crippen LogP contribution in [0, 0.1) is 11.8 Å². The Labute approximate surface area is 180 Å². The van der Waals surface area contributed by atoms with Crippen LogP contribution < -0.4 is 0 Å². The first-order valence-electron chi connectivity index (χ1n) is 9.30.